The molecule has 0 amide bonds. The summed E-state index contributed by atoms with van der Waals surface area (Å²) in [5.41, 5.74) is 0.778. The maximum absolute atomic E-state index is 10.8. The Hall–Kier alpha value is -1.33. The van der Waals surface area contributed by atoms with Crippen LogP contribution in [0.4, 0.5) is 11.4 Å². The van der Waals surface area contributed by atoms with E-state index in [-0.39, 0.29) is 23.0 Å². The number of rotatable bonds is 3. The van der Waals surface area contributed by atoms with Crippen LogP contribution in [0.1, 0.15) is 12.8 Å². The fourth-order valence-corrected chi connectivity index (χ4v) is 1.94. The van der Waals surface area contributed by atoms with E-state index < -0.39 is 0 Å². The van der Waals surface area contributed by atoms with Gasteiger partial charge in [-0.15, -0.1) is 12.4 Å². The van der Waals surface area contributed by atoms with Crippen molar-refractivity contribution in [2.45, 2.75) is 18.9 Å². The molecule has 1 aliphatic heterocycles. The lowest BCUT2D eigenvalue weighted by atomic mass is 10.1. The third kappa shape index (κ3) is 3.57. The number of piperidine rings is 1. The van der Waals surface area contributed by atoms with Gasteiger partial charge < -0.3 is 10.6 Å². The zero-order chi connectivity index (χ0) is 11.4. The van der Waals surface area contributed by atoms with Crippen LogP contribution < -0.4 is 10.6 Å². The summed E-state index contributed by atoms with van der Waals surface area (Å²) < 4.78 is 0. The van der Waals surface area contributed by atoms with E-state index in [0.717, 1.165) is 25.9 Å². The molecule has 0 aliphatic carbocycles. The average Bonchev–Trinajstić information content (AvgIpc) is 2.31. The Labute approximate surface area is 106 Å². The Morgan fingerprint density at radius 2 is 1.94 bits per heavy atom. The summed E-state index contributed by atoms with van der Waals surface area (Å²) in [5.74, 6) is 0. The first-order chi connectivity index (χ1) is 7.77. The SMILES string of the molecule is Cl.O=[N+]([O-])c1ccccc1NC1CCNCC1. The van der Waals surface area contributed by atoms with Gasteiger partial charge in [0.05, 0.1) is 4.92 Å². The second kappa shape index (κ2) is 6.42. The number of benzene rings is 1. The van der Waals surface area contributed by atoms with Crippen LogP contribution in [0.15, 0.2) is 24.3 Å². The van der Waals surface area contributed by atoms with Gasteiger partial charge in [0, 0.05) is 12.1 Å². The molecule has 1 heterocycles. The van der Waals surface area contributed by atoms with Gasteiger partial charge in [0.1, 0.15) is 5.69 Å². The van der Waals surface area contributed by atoms with Crippen molar-refractivity contribution in [1.82, 2.24) is 5.32 Å². The number of nitrogens with one attached hydrogen (secondary N) is 2. The van der Waals surface area contributed by atoms with Crippen molar-refractivity contribution in [1.29, 1.82) is 0 Å². The predicted octanol–water partition coefficient (Wildman–Crippen LogP) is 2.18. The molecule has 0 radical (unpaired) electrons. The minimum Gasteiger partial charge on any atom is -0.377 e. The Morgan fingerprint density at radius 1 is 1.29 bits per heavy atom. The van der Waals surface area contributed by atoms with E-state index in [2.05, 4.69) is 10.6 Å². The minimum absolute atomic E-state index is 0. The van der Waals surface area contributed by atoms with E-state index in [0.29, 0.717) is 11.7 Å². The van der Waals surface area contributed by atoms with Gasteiger partial charge in [0.2, 0.25) is 0 Å². The molecule has 0 saturated carbocycles. The molecule has 17 heavy (non-hydrogen) atoms. The van der Waals surface area contributed by atoms with Crippen LogP contribution in [0.5, 0.6) is 0 Å². The van der Waals surface area contributed by atoms with Crippen molar-refractivity contribution in [3.05, 3.63) is 34.4 Å². The standard InChI is InChI=1S/C11H15N3O2.ClH/c15-14(16)11-4-2-1-3-10(11)13-9-5-7-12-8-6-9;/h1-4,9,12-13H,5-8H2;1H. The van der Waals surface area contributed by atoms with E-state index in [4.69, 9.17) is 0 Å². The van der Waals surface area contributed by atoms with Crippen molar-refractivity contribution in [3.8, 4) is 0 Å². The van der Waals surface area contributed by atoms with Crippen LogP contribution >= 0.6 is 12.4 Å². The van der Waals surface area contributed by atoms with Gasteiger partial charge in [-0.2, -0.15) is 0 Å². The average molecular weight is 258 g/mol. The van der Waals surface area contributed by atoms with E-state index >= 15 is 0 Å². The summed E-state index contributed by atoms with van der Waals surface area (Å²) >= 11 is 0. The molecular formula is C11H16ClN3O2. The first-order valence-electron chi connectivity index (χ1n) is 5.48. The molecule has 0 spiro atoms. The maximum atomic E-state index is 10.8. The summed E-state index contributed by atoms with van der Waals surface area (Å²) in [6.07, 6.45) is 2.01. The molecule has 1 fully saturated rings. The molecule has 2 N–H and O–H groups in total. The van der Waals surface area contributed by atoms with Crippen LogP contribution in [0.3, 0.4) is 0 Å². The van der Waals surface area contributed by atoms with Crippen molar-refractivity contribution in [2.75, 3.05) is 18.4 Å². The number of nitrogens with zero attached hydrogens (tertiary/aromatic N) is 1. The van der Waals surface area contributed by atoms with Crippen LogP contribution in [-0.4, -0.2) is 24.1 Å². The first kappa shape index (κ1) is 13.7. The number of anilines is 1. The van der Waals surface area contributed by atoms with Crippen LogP contribution in [0.2, 0.25) is 0 Å². The van der Waals surface area contributed by atoms with E-state index in [9.17, 15) is 10.1 Å². The maximum Gasteiger partial charge on any atom is 0.292 e. The molecule has 1 aliphatic rings. The normalized spacial score (nSPS) is 16.0. The molecular weight excluding hydrogens is 242 g/mol. The Morgan fingerprint density at radius 3 is 2.59 bits per heavy atom. The molecule has 2 rings (SSSR count). The highest BCUT2D eigenvalue weighted by atomic mass is 35.5. The number of halogens is 1. The van der Waals surface area contributed by atoms with Gasteiger partial charge >= 0.3 is 0 Å². The third-order valence-corrected chi connectivity index (χ3v) is 2.80. The fraction of sp³-hybridized carbons (Fsp3) is 0.455. The molecule has 5 nitrogen and oxygen atoms in total. The van der Waals surface area contributed by atoms with Crippen molar-refractivity contribution < 1.29 is 4.92 Å². The van der Waals surface area contributed by atoms with Gasteiger partial charge in [-0.3, -0.25) is 10.1 Å². The summed E-state index contributed by atoms with van der Waals surface area (Å²) in [5, 5.41) is 17.3. The van der Waals surface area contributed by atoms with Crippen LogP contribution in [0.25, 0.3) is 0 Å². The molecule has 0 aromatic heterocycles. The number of para-hydroxylation sites is 2. The second-order valence-electron chi connectivity index (χ2n) is 3.94. The topological polar surface area (TPSA) is 67.2 Å². The molecule has 0 atom stereocenters. The lowest BCUT2D eigenvalue weighted by Crippen LogP contribution is -2.35. The first-order valence-corrected chi connectivity index (χ1v) is 5.48. The molecule has 94 valence electrons. The summed E-state index contributed by atoms with van der Waals surface area (Å²) in [6, 6.07) is 7.13. The third-order valence-electron chi connectivity index (χ3n) is 2.80. The van der Waals surface area contributed by atoms with Gasteiger partial charge in [-0.05, 0) is 32.0 Å². The minimum atomic E-state index is -0.344. The van der Waals surface area contributed by atoms with Crippen LogP contribution in [-0.2, 0) is 0 Å². The molecule has 1 saturated heterocycles. The summed E-state index contributed by atoms with van der Waals surface area (Å²) in [6.45, 7) is 1.94. The van der Waals surface area contributed by atoms with E-state index in [1.165, 1.54) is 6.07 Å². The van der Waals surface area contributed by atoms with E-state index in [1.54, 1.807) is 12.1 Å². The monoisotopic (exact) mass is 257 g/mol. The number of nitro benzene ring substituents is 1. The zero-order valence-electron chi connectivity index (χ0n) is 9.39. The van der Waals surface area contributed by atoms with Crippen LogP contribution in [0, 0.1) is 10.1 Å². The highest BCUT2D eigenvalue weighted by molar-refractivity contribution is 5.85. The Bertz CT molecular complexity index is 381. The number of hydrogen-bond acceptors (Lipinski definition) is 4. The molecule has 6 heteroatoms. The Balaban J connectivity index is 0.00000144. The lowest BCUT2D eigenvalue weighted by molar-refractivity contribution is -0.384. The van der Waals surface area contributed by atoms with Gasteiger partial charge in [0.25, 0.3) is 5.69 Å². The molecule has 0 unspecified atom stereocenters. The smallest absolute Gasteiger partial charge is 0.292 e. The summed E-state index contributed by atoms with van der Waals surface area (Å²) in [4.78, 5) is 10.5. The van der Waals surface area contributed by atoms with E-state index in [1.807, 2.05) is 6.07 Å². The van der Waals surface area contributed by atoms with Crippen molar-refractivity contribution in [2.24, 2.45) is 0 Å². The van der Waals surface area contributed by atoms with Crippen molar-refractivity contribution in [3.63, 3.8) is 0 Å². The highest BCUT2D eigenvalue weighted by Crippen LogP contribution is 2.25. The highest BCUT2D eigenvalue weighted by Gasteiger charge is 2.17. The number of nitro groups is 1. The van der Waals surface area contributed by atoms with Gasteiger partial charge in [0.15, 0.2) is 0 Å². The van der Waals surface area contributed by atoms with Gasteiger partial charge in [-0.1, -0.05) is 12.1 Å². The molecule has 0 bridgehead atoms. The Kier molecular flexibility index (Phi) is 5.18. The predicted molar refractivity (Wildman–Crippen MR) is 69.9 cm³/mol. The lowest BCUT2D eigenvalue weighted by Gasteiger charge is -2.24. The van der Waals surface area contributed by atoms with Gasteiger partial charge in [-0.25, -0.2) is 0 Å². The quantitative estimate of drug-likeness (QED) is 0.643. The summed E-state index contributed by atoms with van der Waals surface area (Å²) in [7, 11) is 0. The molecule has 1 aromatic rings. The fourth-order valence-electron chi connectivity index (χ4n) is 1.94. The second-order valence-corrected chi connectivity index (χ2v) is 3.94. The number of hydrogen-bond donors (Lipinski definition) is 2. The van der Waals surface area contributed by atoms with Crippen molar-refractivity contribution >= 4 is 23.8 Å². The largest absolute Gasteiger partial charge is 0.377 e. The zero-order valence-corrected chi connectivity index (χ0v) is 10.2. The molecule has 1 aromatic carbocycles.